The fourth-order valence-corrected chi connectivity index (χ4v) is 3.17. The van der Waals surface area contributed by atoms with Crippen LogP contribution in [0.2, 0.25) is 0 Å². The second-order valence-corrected chi connectivity index (χ2v) is 6.99. The van der Waals surface area contributed by atoms with Gasteiger partial charge in [-0.25, -0.2) is 14.4 Å². The van der Waals surface area contributed by atoms with Gasteiger partial charge >= 0.3 is 0 Å². The molecule has 0 amide bonds. The fraction of sp³-hybridized carbons (Fsp3) is 0.444. The molecule has 2 N–H and O–H groups in total. The van der Waals surface area contributed by atoms with Gasteiger partial charge in [0, 0.05) is 11.4 Å². The van der Waals surface area contributed by atoms with Gasteiger partial charge in [0.15, 0.2) is 17.5 Å². The number of halogens is 1. The predicted octanol–water partition coefficient (Wildman–Crippen LogP) is 3.72. The van der Waals surface area contributed by atoms with Crippen LogP contribution in [0, 0.1) is 19.7 Å². The van der Waals surface area contributed by atoms with Gasteiger partial charge in [0.1, 0.15) is 5.01 Å². The zero-order valence-corrected chi connectivity index (χ0v) is 16.1. The van der Waals surface area contributed by atoms with Crippen molar-refractivity contribution < 1.29 is 9.13 Å². The molecule has 136 valence electrons. The van der Waals surface area contributed by atoms with Crippen LogP contribution in [-0.2, 0) is 6.54 Å². The number of thiazole rings is 1. The molecule has 0 saturated heterocycles. The van der Waals surface area contributed by atoms with Gasteiger partial charge in [0.2, 0.25) is 0 Å². The molecule has 0 spiro atoms. The summed E-state index contributed by atoms with van der Waals surface area (Å²) >= 11 is 1.66. The van der Waals surface area contributed by atoms with E-state index in [0.29, 0.717) is 12.5 Å². The van der Waals surface area contributed by atoms with Gasteiger partial charge in [0.25, 0.3) is 0 Å². The first-order valence-electron chi connectivity index (χ1n) is 8.25. The normalized spacial score (nSPS) is 12.8. The van der Waals surface area contributed by atoms with Crippen molar-refractivity contribution >= 4 is 17.3 Å². The van der Waals surface area contributed by atoms with Crippen LogP contribution >= 0.6 is 11.3 Å². The number of nitrogens with zero attached hydrogens (tertiary/aromatic N) is 2. The number of aliphatic imine (C=N–C) groups is 1. The fourth-order valence-electron chi connectivity index (χ4n) is 2.31. The third kappa shape index (κ3) is 5.16. The Balaban J connectivity index is 2.09. The summed E-state index contributed by atoms with van der Waals surface area (Å²) in [5.74, 6) is 0.548. The van der Waals surface area contributed by atoms with E-state index in [4.69, 9.17) is 4.74 Å². The lowest BCUT2D eigenvalue weighted by Gasteiger charge is -2.18. The molecule has 0 aliphatic heterocycles. The second kappa shape index (κ2) is 8.80. The van der Waals surface area contributed by atoms with Crippen molar-refractivity contribution in [2.75, 3.05) is 13.7 Å². The Labute approximate surface area is 152 Å². The van der Waals surface area contributed by atoms with Gasteiger partial charge in [-0.2, -0.15) is 0 Å². The molecule has 2 rings (SSSR count). The molecule has 0 aliphatic rings. The van der Waals surface area contributed by atoms with E-state index >= 15 is 0 Å². The molecule has 5 nitrogen and oxygen atoms in total. The number of hydrogen-bond acceptors (Lipinski definition) is 4. The molecular formula is C18H25FN4OS. The molecule has 1 aromatic heterocycles. The first-order chi connectivity index (χ1) is 11.9. The molecule has 1 atom stereocenters. The zero-order valence-electron chi connectivity index (χ0n) is 15.3. The number of aryl methyl sites for hydroxylation is 2. The molecule has 1 heterocycles. The first-order valence-corrected chi connectivity index (χ1v) is 9.07. The topological polar surface area (TPSA) is 58.5 Å². The van der Waals surface area contributed by atoms with Crippen molar-refractivity contribution in [1.82, 2.24) is 15.6 Å². The maximum absolute atomic E-state index is 13.9. The van der Waals surface area contributed by atoms with E-state index < -0.39 is 0 Å². The van der Waals surface area contributed by atoms with Crippen molar-refractivity contribution in [2.24, 2.45) is 4.99 Å². The minimum atomic E-state index is -0.371. The summed E-state index contributed by atoms with van der Waals surface area (Å²) in [6.07, 6.45) is 0. The quantitative estimate of drug-likeness (QED) is 0.606. The van der Waals surface area contributed by atoms with Crippen LogP contribution in [0.1, 0.15) is 41.0 Å². The van der Waals surface area contributed by atoms with Gasteiger partial charge < -0.3 is 15.4 Å². The van der Waals surface area contributed by atoms with E-state index in [0.717, 1.165) is 22.8 Å². The predicted molar refractivity (Wildman–Crippen MR) is 101 cm³/mol. The summed E-state index contributed by atoms with van der Waals surface area (Å²) in [6, 6.07) is 4.86. The number of aromatic nitrogens is 1. The summed E-state index contributed by atoms with van der Waals surface area (Å²) in [4.78, 5) is 10.3. The second-order valence-electron chi connectivity index (χ2n) is 5.70. The van der Waals surface area contributed by atoms with Crippen LogP contribution in [0.4, 0.5) is 4.39 Å². The van der Waals surface area contributed by atoms with Crippen LogP contribution in [-0.4, -0.2) is 24.6 Å². The van der Waals surface area contributed by atoms with E-state index in [1.807, 2.05) is 26.8 Å². The van der Waals surface area contributed by atoms with Gasteiger partial charge in [0.05, 0.1) is 25.4 Å². The molecule has 7 heteroatoms. The molecule has 0 aliphatic carbocycles. The monoisotopic (exact) mass is 364 g/mol. The average Bonchev–Trinajstić information content (AvgIpc) is 2.91. The summed E-state index contributed by atoms with van der Waals surface area (Å²) < 4.78 is 18.9. The highest BCUT2D eigenvalue weighted by atomic mass is 32.1. The Morgan fingerprint density at radius 1 is 1.40 bits per heavy atom. The Kier molecular flexibility index (Phi) is 6.75. The molecule has 1 unspecified atom stereocenters. The van der Waals surface area contributed by atoms with Crippen LogP contribution in [0.5, 0.6) is 5.75 Å². The van der Waals surface area contributed by atoms with Crippen molar-refractivity contribution in [3.05, 3.63) is 45.2 Å². The summed E-state index contributed by atoms with van der Waals surface area (Å²) in [6.45, 7) is 9.29. The van der Waals surface area contributed by atoms with E-state index in [2.05, 4.69) is 27.5 Å². The molecule has 2 aromatic rings. The molecule has 0 radical (unpaired) electrons. The number of methoxy groups -OCH3 is 1. The highest BCUT2D eigenvalue weighted by Crippen LogP contribution is 2.22. The molecule has 25 heavy (non-hydrogen) atoms. The number of hydrogen-bond donors (Lipinski definition) is 2. The van der Waals surface area contributed by atoms with Crippen molar-refractivity contribution in [1.29, 1.82) is 0 Å². The summed E-state index contributed by atoms with van der Waals surface area (Å²) in [5.41, 5.74) is 1.88. The van der Waals surface area contributed by atoms with Gasteiger partial charge in [-0.05, 0) is 45.4 Å². The Morgan fingerprint density at radius 2 is 2.16 bits per heavy atom. The number of guanidine groups is 1. The van der Waals surface area contributed by atoms with E-state index in [1.54, 1.807) is 17.4 Å². The first kappa shape index (κ1) is 19.2. The van der Waals surface area contributed by atoms with Crippen LogP contribution in [0.15, 0.2) is 23.2 Å². The van der Waals surface area contributed by atoms with Crippen molar-refractivity contribution in [3.63, 3.8) is 0 Å². The summed E-state index contributed by atoms with van der Waals surface area (Å²) in [5, 5.41) is 7.49. The van der Waals surface area contributed by atoms with Gasteiger partial charge in [-0.15, -0.1) is 11.3 Å². The Morgan fingerprint density at radius 3 is 2.72 bits per heavy atom. The van der Waals surface area contributed by atoms with Crippen LogP contribution < -0.4 is 15.4 Å². The molecule has 0 saturated carbocycles. The van der Waals surface area contributed by atoms with Gasteiger partial charge in [-0.1, -0.05) is 6.07 Å². The summed E-state index contributed by atoms with van der Waals surface area (Å²) in [7, 11) is 1.46. The minimum absolute atomic E-state index is 0.0991. The lowest BCUT2D eigenvalue weighted by molar-refractivity contribution is 0.386. The van der Waals surface area contributed by atoms with E-state index in [-0.39, 0.29) is 17.6 Å². The van der Waals surface area contributed by atoms with Gasteiger partial charge in [-0.3, -0.25) is 0 Å². The maximum atomic E-state index is 13.9. The molecule has 0 fully saturated rings. The number of ether oxygens (including phenoxy) is 1. The molecule has 1 aromatic carbocycles. The maximum Gasteiger partial charge on any atom is 0.192 e. The number of rotatable bonds is 6. The van der Waals surface area contributed by atoms with Crippen LogP contribution in [0.25, 0.3) is 0 Å². The zero-order chi connectivity index (χ0) is 18.4. The lowest BCUT2D eigenvalue weighted by atomic mass is 10.1. The smallest absolute Gasteiger partial charge is 0.192 e. The molecular weight excluding hydrogens is 339 g/mol. The largest absolute Gasteiger partial charge is 0.494 e. The molecule has 0 bridgehead atoms. The minimum Gasteiger partial charge on any atom is -0.494 e. The van der Waals surface area contributed by atoms with E-state index in [1.165, 1.54) is 18.1 Å². The third-order valence-electron chi connectivity index (χ3n) is 3.82. The Hall–Kier alpha value is -2.15. The third-order valence-corrected chi connectivity index (χ3v) is 4.88. The van der Waals surface area contributed by atoms with Crippen molar-refractivity contribution in [3.8, 4) is 5.75 Å². The lowest BCUT2D eigenvalue weighted by Crippen LogP contribution is -2.38. The SMILES string of the molecule is CCNC(=NCc1nc(C)c(C)s1)NC(C)c1ccc(OC)c(F)c1. The van der Waals surface area contributed by atoms with E-state index in [9.17, 15) is 4.39 Å². The number of benzene rings is 1. The Bertz CT molecular complexity index is 725. The highest BCUT2D eigenvalue weighted by Gasteiger charge is 2.11. The standard InChI is InChI=1S/C18H25FN4OS/c1-6-20-18(21-10-17-22-11(2)13(4)25-17)23-12(3)14-7-8-16(24-5)15(19)9-14/h7-9,12H,6,10H2,1-5H3,(H2,20,21,23). The highest BCUT2D eigenvalue weighted by molar-refractivity contribution is 7.11. The van der Waals surface area contributed by atoms with Crippen molar-refractivity contribution in [2.45, 2.75) is 40.3 Å². The number of nitrogens with one attached hydrogen (secondary N) is 2. The average molecular weight is 364 g/mol. The van der Waals surface area contributed by atoms with Crippen LogP contribution in [0.3, 0.4) is 0 Å².